The summed E-state index contributed by atoms with van der Waals surface area (Å²) in [7, 11) is 1.58. The normalized spacial score (nSPS) is 10.8. The quantitative estimate of drug-likeness (QED) is 0.463. The topological polar surface area (TPSA) is 72.0 Å². The minimum absolute atomic E-state index is 0.123. The van der Waals surface area contributed by atoms with E-state index in [9.17, 15) is 4.79 Å². The number of nitrogens with zero attached hydrogens (tertiary/aromatic N) is 1. The lowest BCUT2D eigenvalue weighted by atomic mass is 10.1. The zero-order valence-corrected chi connectivity index (χ0v) is 15.9. The van der Waals surface area contributed by atoms with Crippen molar-refractivity contribution in [3.63, 3.8) is 0 Å². The molecule has 144 valence electrons. The van der Waals surface area contributed by atoms with Gasteiger partial charge in [0, 0.05) is 11.1 Å². The van der Waals surface area contributed by atoms with E-state index in [0.717, 1.165) is 22.0 Å². The van der Waals surface area contributed by atoms with E-state index in [1.807, 2.05) is 61.5 Å². The molecule has 0 spiro atoms. The van der Waals surface area contributed by atoms with Crippen LogP contribution in [0.5, 0.6) is 11.5 Å². The molecule has 0 aliphatic carbocycles. The van der Waals surface area contributed by atoms with Gasteiger partial charge in [-0.1, -0.05) is 36.4 Å². The molecule has 0 aromatic heterocycles. The van der Waals surface area contributed by atoms with Gasteiger partial charge in [0.2, 0.25) is 0 Å². The van der Waals surface area contributed by atoms with E-state index in [-0.39, 0.29) is 12.5 Å². The standard InChI is InChI=1S/C22H23N3O3/c1-3-28-20-12-11-16(13-21(20)27-2)14-24-25-22(26)15-23-19-10-6-8-17-7-4-5-9-18(17)19/h4-14,23H,3,15H2,1-2H3,(H,25,26)/b24-14-. The highest BCUT2D eigenvalue weighted by molar-refractivity contribution is 5.95. The van der Waals surface area contributed by atoms with Gasteiger partial charge in [-0.3, -0.25) is 4.79 Å². The number of amides is 1. The summed E-state index contributed by atoms with van der Waals surface area (Å²) in [5, 5.41) is 9.35. The summed E-state index contributed by atoms with van der Waals surface area (Å²) in [6.45, 7) is 2.60. The lowest BCUT2D eigenvalue weighted by Gasteiger charge is -2.09. The molecular formula is C22H23N3O3. The van der Waals surface area contributed by atoms with Crippen LogP contribution in [0.15, 0.2) is 65.8 Å². The van der Waals surface area contributed by atoms with Gasteiger partial charge in [0.05, 0.1) is 26.5 Å². The van der Waals surface area contributed by atoms with Crippen molar-refractivity contribution >= 4 is 28.6 Å². The number of ether oxygens (including phenoxy) is 2. The third-order valence-corrected chi connectivity index (χ3v) is 4.12. The first kappa shape index (κ1) is 19.2. The molecule has 0 atom stereocenters. The number of anilines is 1. The molecule has 0 saturated carbocycles. The van der Waals surface area contributed by atoms with Crippen LogP contribution in [-0.4, -0.2) is 32.4 Å². The van der Waals surface area contributed by atoms with Crippen molar-refractivity contribution in [3.8, 4) is 11.5 Å². The van der Waals surface area contributed by atoms with Gasteiger partial charge in [-0.15, -0.1) is 0 Å². The molecule has 0 radical (unpaired) electrons. The predicted octanol–water partition coefficient (Wildman–Crippen LogP) is 3.81. The first-order chi connectivity index (χ1) is 13.7. The van der Waals surface area contributed by atoms with E-state index in [0.29, 0.717) is 18.1 Å². The number of fused-ring (bicyclic) bond motifs is 1. The Kier molecular flexibility index (Phi) is 6.46. The Bertz CT molecular complexity index is 980. The molecule has 0 fully saturated rings. The van der Waals surface area contributed by atoms with E-state index in [4.69, 9.17) is 9.47 Å². The smallest absolute Gasteiger partial charge is 0.259 e. The largest absolute Gasteiger partial charge is 0.493 e. The number of nitrogens with one attached hydrogen (secondary N) is 2. The number of benzene rings is 3. The maximum Gasteiger partial charge on any atom is 0.259 e. The van der Waals surface area contributed by atoms with Crippen molar-refractivity contribution in [1.29, 1.82) is 0 Å². The highest BCUT2D eigenvalue weighted by Crippen LogP contribution is 2.27. The van der Waals surface area contributed by atoms with Gasteiger partial charge in [-0.2, -0.15) is 5.10 Å². The fourth-order valence-corrected chi connectivity index (χ4v) is 2.81. The highest BCUT2D eigenvalue weighted by atomic mass is 16.5. The Balaban J connectivity index is 1.57. The molecular weight excluding hydrogens is 354 g/mol. The lowest BCUT2D eigenvalue weighted by Crippen LogP contribution is -2.25. The molecule has 3 rings (SSSR count). The Labute approximate surface area is 164 Å². The van der Waals surface area contributed by atoms with Crippen molar-refractivity contribution < 1.29 is 14.3 Å². The predicted molar refractivity (Wildman–Crippen MR) is 112 cm³/mol. The Morgan fingerprint density at radius 3 is 2.71 bits per heavy atom. The monoisotopic (exact) mass is 377 g/mol. The van der Waals surface area contributed by atoms with Crippen LogP contribution in [0.25, 0.3) is 10.8 Å². The van der Waals surface area contributed by atoms with Gasteiger partial charge in [0.15, 0.2) is 11.5 Å². The van der Waals surface area contributed by atoms with Crippen molar-refractivity contribution in [2.24, 2.45) is 5.10 Å². The van der Waals surface area contributed by atoms with Gasteiger partial charge in [0.25, 0.3) is 5.91 Å². The highest BCUT2D eigenvalue weighted by Gasteiger charge is 2.05. The van der Waals surface area contributed by atoms with Gasteiger partial charge >= 0.3 is 0 Å². The van der Waals surface area contributed by atoms with E-state index in [2.05, 4.69) is 15.8 Å². The molecule has 0 aliphatic heterocycles. The van der Waals surface area contributed by atoms with Crippen molar-refractivity contribution in [3.05, 3.63) is 66.2 Å². The number of hydrogen-bond acceptors (Lipinski definition) is 5. The van der Waals surface area contributed by atoms with Crippen LogP contribution < -0.4 is 20.2 Å². The maximum atomic E-state index is 12.1. The van der Waals surface area contributed by atoms with Crippen LogP contribution in [-0.2, 0) is 4.79 Å². The molecule has 28 heavy (non-hydrogen) atoms. The molecule has 2 N–H and O–H groups in total. The van der Waals surface area contributed by atoms with Crippen molar-refractivity contribution in [2.45, 2.75) is 6.92 Å². The molecule has 0 saturated heterocycles. The van der Waals surface area contributed by atoms with Crippen LogP contribution in [0.3, 0.4) is 0 Å². The summed E-state index contributed by atoms with van der Waals surface area (Å²) in [5.41, 5.74) is 4.23. The van der Waals surface area contributed by atoms with Crippen LogP contribution in [0.2, 0.25) is 0 Å². The number of carbonyl (C=O) groups excluding carboxylic acids is 1. The lowest BCUT2D eigenvalue weighted by molar-refractivity contribution is -0.119. The van der Waals surface area contributed by atoms with E-state index >= 15 is 0 Å². The summed E-state index contributed by atoms with van der Waals surface area (Å²) in [6.07, 6.45) is 1.56. The van der Waals surface area contributed by atoms with Gasteiger partial charge in [-0.25, -0.2) is 5.43 Å². The summed E-state index contributed by atoms with van der Waals surface area (Å²) in [6, 6.07) is 19.4. The molecule has 6 nitrogen and oxygen atoms in total. The molecule has 0 unspecified atom stereocenters. The number of methoxy groups -OCH3 is 1. The zero-order chi connectivity index (χ0) is 19.8. The SMILES string of the molecule is CCOc1ccc(/C=N\NC(=O)CNc2cccc3ccccc23)cc1OC. The van der Waals surface area contributed by atoms with Gasteiger partial charge in [-0.05, 0) is 42.1 Å². The Morgan fingerprint density at radius 1 is 1.07 bits per heavy atom. The molecule has 6 heteroatoms. The van der Waals surface area contributed by atoms with Crippen molar-refractivity contribution in [2.75, 3.05) is 25.6 Å². The molecule has 0 aliphatic rings. The Hall–Kier alpha value is -3.54. The number of hydrazone groups is 1. The molecule has 0 heterocycles. The summed E-state index contributed by atoms with van der Waals surface area (Å²) in [4.78, 5) is 12.1. The molecule has 1 amide bonds. The minimum atomic E-state index is -0.234. The molecule has 0 bridgehead atoms. The summed E-state index contributed by atoms with van der Waals surface area (Å²) >= 11 is 0. The average Bonchev–Trinajstić information content (AvgIpc) is 2.73. The minimum Gasteiger partial charge on any atom is -0.493 e. The van der Waals surface area contributed by atoms with E-state index < -0.39 is 0 Å². The van der Waals surface area contributed by atoms with Crippen molar-refractivity contribution in [1.82, 2.24) is 5.43 Å². The number of carbonyl (C=O) groups is 1. The van der Waals surface area contributed by atoms with E-state index in [1.54, 1.807) is 19.4 Å². The third kappa shape index (κ3) is 4.79. The Morgan fingerprint density at radius 2 is 1.89 bits per heavy atom. The van der Waals surface area contributed by atoms with Gasteiger partial charge in [0.1, 0.15) is 0 Å². The van der Waals surface area contributed by atoms with Gasteiger partial charge < -0.3 is 14.8 Å². The second-order valence-corrected chi connectivity index (χ2v) is 6.02. The van der Waals surface area contributed by atoms with Crippen LogP contribution >= 0.6 is 0 Å². The second kappa shape index (κ2) is 9.41. The fourth-order valence-electron chi connectivity index (χ4n) is 2.81. The maximum absolute atomic E-state index is 12.1. The third-order valence-electron chi connectivity index (χ3n) is 4.12. The van der Waals surface area contributed by atoms with Crippen LogP contribution in [0.4, 0.5) is 5.69 Å². The summed E-state index contributed by atoms with van der Waals surface area (Å²) < 4.78 is 10.8. The number of rotatable bonds is 8. The fraction of sp³-hybridized carbons (Fsp3) is 0.182. The average molecular weight is 377 g/mol. The zero-order valence-electron chi connectivity index (χ0n) is 15.9. The summed E-state index contributed by atoms with van der Waals surface area (Å²) in [5.74, 6) is 1.06. The first-order valence-electron chi connectivity index (χ1n) is 9.05. The first-order valence-corrected chi connectivity index (χ1v) is 9.05. The molecule has 3 aromatic carbocycles. The second-order valence-electron chi connectivity index (χ2n) is 6.02. The molecule has 3 aromatic rings. The van der Waals surface area contributed by atoms with Crippen LogP contribution in [0.1, 0.15) is 12.5 Å². The van der Waals surface area contributed by atoms with Crippen LogP contribution in [0, 0.1) is 0 Å². The number of hydrogen-bond donors (Lipinski definition) is 2. The van der Waals surface area contributed by atoms with E-state index in [1.165, 1.54) is 0 Å².